The molecule has 12 rings (SSSR count). The van der Waals surface area contributed by atoms with Gasteiger partial charge in [-0.1, -0.05) is 56.6 Å². The highest BCUT2D eigenvalue weighted by molar-refractivity contribution is 6.29. The number of hydroxylamine groups is 10. The summed E-state index contributed by atoms with van der Waals surface area (Å²) in [5, 5.41) is 9.16. The summed E-state index contributed by atoms with van der Waals surface area (Å²) in [7, 11) is 0. The van der Waals surface area contributed by atoms with Crippen LogP contribution in [0.25, 0.3) is 0 Å². The van der Waals surface area contributed by atoms with E-state index in [2.05, 4.69) is 41.8 Å². The summed E-state index contributed by atoms with van der Waals surface area (Å²) < 4.78 is 10.1. The molecule has 2 N–H and O–H groups in total. The molecule has 124 heavy (non-hydrogen) atoms. The SMILES string of the molecule is C=C1CCC(=O)N1OC(=O)CCC(=O)OCCN1C(=O)C=CC1=O.C=C1CCC(=O)N1OC(=O)CCNC(=O)CCN1C(=O)C=CC1=O.C=C1CCC(=O)N1OC(=O)CCOCCNC(=O)CCN1C(=O)C=CC1=O.C=C1CCC(=O)N1OC(=O)CCc1ccc(N2C(=O)C=CC2=O)cc1.CC(=O)ON1C(=O)CCC1=O.O=C1C=CC(=O)N1c1ccccc1. The van der Waals surface area contributed by atoms with Gasteiger partial charge in [0.15, 0.2) is 0 Å². The van der Waals surface area contributed by atoms with Gasteiger partial charge in [-0.05, 0) is 61.9 Å². The predicted molar refractivity (Wildman–Crippen MR) is 416 cm³/mol. The molecule has 0 unspecified atom stereocenters. The lowest BCUT2D eigenvalue weighted by Crippen LogP contribution is -2.35. The van der Waals surface area contributed by atoms with Crippen LogP contribution in [0.4, 0.5) is 11.4 Å². The molecule has 0 atom stereocenters. The van der Waals surface area contributed by atoms with Crippen molar-refractivity contribution in [2.45, 2.75) is 122 Å². The van der Waals surface area contributed by atoms with E-state index >= 15 is 0 Å². The molecule has 43 heteroatoms. The van der Waals surface area contributed by atoms with Crippen LogP contribution in [-0.2, 0) is 155 Å². The number of hydrogen-bond donors (Lipinski definition) is 2. The number of nitrogens with one attached hydrogen (secondary N) is 2. The maximum Gasteiger partial charge on any atom is 0.335 e. The maximum absolute atomic E-state index is 11.9. The van der Waals surface area contributed by atoms with Crippen molar-refractivity contribution in [1.29, 1.82) is 0 Å². The average Bonchev–Trinajstić information content (AvgIpc) is 1.69. The Bertz CT molecular complexity index is 4700. The minimum atomic E-state index is -0.752. The third-order valence-corrected chi connectivity index (χ3v) is 17.6. The molecule has 2 aromatic rings. The monoisotopic (exact) mass is 1720 g/mol. The molecule has 10 aliphatic rings. The third kappa shape index (κ3) is 29.2. The summed E-state index contributed by atoms with van der Waals surface area (Å²) >= 11 is 0. The molecular weight excluding hydrogens is 1640 g/mol. The summed E-state index contributed by atoms with van der Waals surface area (Å²) in [6, 6.07) is 15.6. The van der Waals surface area contributed by atoms with Gasteiger partial charge in [0.2, 0.25) is 11.8 Å². The van der Waals surface area contributed by atoms with Crippen molar-refractivity contribution in [3.8, 4) is 0 Å². The standard InChI is InChI=1S/C18H16N2O5.C17H21N3O7.C15H17N3O6.C15H16N2O7.C10H7NO2.C6H7NO4/c1-12-2-8-17(23)20(12)25-18(24)11-5-13-3-6-14(7-4-13)19-15(21)9-10-16(19)22;1-12-2-3-16(24)20(12)27-17(25)7-10-26-11-8-18-13(21)6-9-19-14(22)4-5-15(19)23;1-10-2-3-14(22)18(10)24-15(23)6-8-16-11(19)7-9-17-12(20)4-5-13(17)21;1-10-2-3-13(20)17(10)24-15(22)7-6-14(21)23-9-8-16-11(18)4-5-12(16)19;12-9-6-7-10(13)11(9)8-4-2-1-3-5-8;1-4(8)11-7-5(9)2-3-6(7)10/h3-4,6-7,9-10H,1-2,5,8,11H2;4-5H,1-3,6-11H2,(H,18,21);4-5H,1-3,6-9H2,(H,16,19);4-5H,1-3,6-9H2;1-7H;2-3H2,1H3. The summed E-state index contributed by atoms with van der Waals surface area (Å²) in [6.07, 6.45) is 14.8. The number of allylic oxidation sites excluding steroid dienone is 4. The van der Waals surface area contributed by atoms with Gasteiger partial charge in [-0.3, -0.25) is 106 Å². The predicted octanol–water partition coefficient (Wildman–Crippen LogP) is 1.02. The summed E-state index contributed by atoms with van der Waals surface area (Å²) in [5.41, 5.74) is 3.68. The van der Waals surface area contributed by atoms with E-state index in [-0.39, 0.29) is 183 Å². The second-order valence-electron chi connectivity index (χ2n) is 26.7. The van der Waals surface area contributed by atoms with Crippen LogP contribution in [-0.4, -0.2) is 235 Å². The van der Waals surface area contributed by atoms with E-state index in [9.17, 15) is 115 Å². The first-order valence-electron chi connectivity index (χ1n) is 38.0. The number of nitrogens with zero attached hydrogens (tertiary/aromatic N) is 10. The fourth-order valence-electron chi connectivity index (χ4n) is 11.2. The number of ether oxygens (including phenoxy) is 2. The van der Waals surface area contributed by atoms with Crippen LogP contribution < -0.4 is 20.4 Å². The zero-order valence-electron chi connectivity index (χ0n) is 66.8. The second kappa shape index (κ2) is 46.8. The highest BCUT2D eigenvalue weighted by atomic mass is 16.7. The average molecular weight is 1720 g/mol. The molecule has 10 aliphatic heterocycles. The Balaban J connectivity index is 0.000000209. The van der Waals surface area contributed by atoms with E-state index in [1.807, 2.05) is 6.07 Å². The topological polar surface area (TPSA) is 531 Å². The number of aryl methyl sites for hydroxylation is 1. The smallest absolute Gasteiger partial charge is 0.335 e. The quantitative estimate of drug-likeness (QED) is 0.0604. The van der Waals surface area contributed by atoms with Crippen LogP contribution in [0.5, 0.6) is 0 Å². The van der Waals surface area contributed by atoms with Gasteiger partial charge in [-0.15, -0.1) is 25.3 Å². The number of rotatable bonds is 31. The van der Waals surface area contributed by atoms with E-state index < -0.39 is 89.0 Å². The van der Waals surface area contributed by atoms with Crippen molar-refractivity contribution in [3.63, 3.8) is 0 Å². The van der Waals surface area contributed by atoms with Crippen LogP contribution in [0.3, 0.4) is 0 Å². The number of imide groups is 6. The first kappa shape index (κ1) is 95.7. The maximum atomic E-state index is 11.9. The van der Waals surface area contributed by atoms with E-state index in [0.29, 0.717) is 77.8 Å². The number of benzene rings is 2. The third-order valence-electron chi connectivity index (χ3n) is 17.6. The Morgan fingerprint density at radius 1 is 0.315 bits per heavy atom. The van der Waals surface area contributed by atoms with Crippen molar-refractivity contribution >= 4 is 154 Å². The molecule has 5 fully saturated rings. The van der Waals surface area contributed by atoms with Crippen molar-refractivity contribution in [3.05, 3.63) is 170 Å². The number of anilines is 2. The van der Waals surface area contributed by atoms with Gasteiger partial charge in [-0.25, -0.2) is 33.8 Å². The molecule has 0 saturated carbocycles. The molecule has 0 aliphatic carbocycles. The zero-order valence-corrected chi connectivity index (χ0v) is 66.8. The minimum absolute atomic E-state index is 0.000758. The summed E-state index contributed by atoms with van der Waals surface area (Å²) in [4.78, 5) is 302. The number of para-hydroxylation sites is 1. The van der Waals surface area contributed by atoms with E-state index in [0.717, 1.165) is 93.7 Å². The Labute approximate surface area is 705 Å². The number of carbonyl (C=O) groups excluding carboxylic acids is 24. The molecule has 43 nitrogen and oxygen atoms in total. The fraction of sp³-hybridized carbons (Fsp3) is 0.333. The Hall–Kier alpha value is -15.5. The van der Waals surface area contributed by atoms with Gasteiger partial charge in [-0.2, -0.15) is 0 Å². The number of hydrogen-bond acceptors (Lipinski definition) is 31. The van der Waals surface area contributed by atoms with Crippen LogP contribution in [0.2, 0.25) is 0 Å². The molecule has 0 aromatic heterocycles. The highest BCUT2D eigenvalue weighted by Crippen LogP contribution is 2.27. The zero-order chi connectivity index (χ0) is 90.9. The van der Waals surface area contributed by atoms with E-state index in [1.54, 1.807) is 48.5 Å². The molecule has 2 aromatic carbocycles. The molecule has 0 spiro atoms. The molecule has 0 radical (unpaired) electrons. The van der Waals surface area contributed by atoms with Gasteiger partial charge in [0, 0.05) is 145 Å². The van der Waals surface area contributed by atoms with Gasteiger partial charge in [0.05, 0.1) is 86.0 Å². The van der Waals surface area contributed by atoms with Gasteiger partial charge >= 0.3 is 35.8 Å². The van der Waals surface area contributed by atoms with Crippen molar-refractivity contribution in [2.75, 3.05) is 62.3 Å². The lowest BCUT2D eigenvalue weighted by atomic mass is 10.1. The van der Waals surface area contributed by atoms with Gasteiger partial charge in [0.1, 0.15) is 6.61 Å². The largest absolute Gasteiger partial charge is 0.464 e. The number of esters is 1. The molecule has 5 saturated heterocycles. The molecule has 10 heterocycles. The van der Waals surface area contributed by atoms with Crippen LogP contribution in [0.1, 0.15) is 122 Å². The normalized spacial score (nSPS) is 16.8. The van der Waals surface area contributed by atoms with Crippen molar-refractivity contribution in [1.82, 2.24) is 50.6 Å². The summed E-state index contributed by atoms with van der Waals surface area (Å²) in [5.74, 6) is -10.8. The summed E-state index contributed by atoms with van der Waals surface area (Å²) in [6.45, 7) is 15.9. The van der Waals surface area contributed by atoms with Crippen molar-refractivity contribution in [2.24, 2.45) is 0 Å². The number of carbonyl (C=O) groups is 24. The molecule has 18 amide bonds. The Kier molecular flexibility index (Phi) is 36.1. The fourth-order valence-corrected chi connectivity index (χ4v) is 11.2. The first-order chi connectivity index (χ1) is 59.0. The minimum Gasteiger partial charge on any atom is -0.464 e. The van der Waals surface area contributed by atoms with Gasteiger partial charge in [0.25, 0.3) is 94.5 Å². The Morgan fingerprint density at radius 2 is 0.637 bits per heavy atom. The van der Waals surface area contributed by atoms with Crippen molar-refractivity contribution < 1.29 is 149 Å². The van der Waals surface area contributed by atoms with Crippen LogP contribution >= 0.6 is 0 Å². The van der Waals surface area contributed by atoms with Gasteiger partial charge < -0.3 is 44.3 Å². The molecule has 654 valence electrons. The molecular formula is C81H84N12O31. The van der Waals surface area contributed by atoms with E-state index in [4.69, 9.17) is 28.8 Å². The second-order valence-corrected chi connectivity index (χ2v) is 26.7. The van der Waals surface area contributed by atoms with E-state index in [1.165, 1.54) is 24.3 Å². The van der Waals surface area contributed by atoms with Crippen LogP contribution in [0.15, 0.2) is 164 Å². The lowest BCUT2D eigenvalue weighted by molar-refractivity contribution is -0.195. The highest BCUT2D eigenvalue weighted by Gasteiger charge is 2.36. The first-order valence-corrected chi connectivity index (χ1v) is 38.0. The van der Waals surface area contributed by atoms with Crippen LogP contribution in [0, 0.1) is 0 Å². The Morgan fingerprint density at radius 3 is 1.02 bits per heavy atom. The number of amides is 18. The molecule has 0 bridgehead atoms. The lowest BCUT2D eigenvalue weighted by Gasteiger charge is -2.16.